The monoisotopic (exact) mass is 617 g/mol. The van der Waals surface area contributed by atoms with Crippen molar-refractivity contribution in [2.45, 2.75) is 76.4 Å². The summed E-state index contributed by atoms with van der Waals surface area (Å²) in [5, 5.41) is 3.59. The molecule has 6 nitrogen and oxygen atoms in total. The number of unbranched alkanes of at least 4 members (excludes halogenated alkanes) is 1. The van der Waals surface area contributed by atoms with Gasteiger partial charge in [0.15, 0.2) is 0 Å². The Labute approximate surface area is 251 Å². The van der Waals surface area contributed by atoms with E-state index in [0.29, 0.717) is 24.8 Å². The van der Waals surface area contributed by atoms with E-state index in [4.69, 9.17) is 15.2 Å². The van der Waals surface area contributed by atoms with E-state index in [2.05, 4.69) is 34.2 Å². The van der Waals surface area contributed by atoms with Gasteiger partial charge in [0.25, 0.3) is 0 Å². The molecule has 3 aromatic carbocycles. The molecule has 1 aliphatic heterocycles. The number of amides is 1. The standard InChI is InChI=1S/C34H40BrN3O3/c1-2-3-19-40-30-21-26-24(31(35)32(30)37-28-15-8-7-14-27(28)36)20-29-25-13-9-10-16-34(25,26)17-18-38(29)33(39)41-22-23-11-5-4-6-12-23/h4-8,11-12,14-15,21,25,29,37H,2-3,9-10,13,16-20,22,36H2,1H3/t25?,29-,34-/m0/s1. The summed E-state index contributed by atoms with van der Waals surface area (Å²) >= 11 is 4.03. The number of nitrogen functional groups attached to an aromatic ring is 1. The zero-order chi connectivity index (χ0) is 28.4. The van der Waals surface area contributed by atoms with Gasteiger partial charge in [-0.15, -0.1) is 0 Å². The summed E-state index contributed by atoms with van der Waals surface area (Å²) < 4.78 is 13.4. The van der Waals surface area contributed by atoms with Crippen molar-refractivity contribution in [3.05, 3.63) is 81.8 Å². The number of carbonyl (C=O) groups is 1. The maximum Gasteiger partial charge on any atom is 0.410 e. The number of ether oxygens (including phenoxy) is 2. The Morgan fingerprint density at radius 1 is 1.12 bits per heavy atom. The second-order valence-electron chi connectivity index (χ2n) is 11.8. The molecule has 0 radical (unpaired) electrons. The van der Waals surface area contributed by atoms with Crippen LogP contribution >= 0.6 is 15.9 Å². The number of nitrogens with one attached hydrogen (secondary N) is 1. The average Bonchev–Trinajstić information content (AvgIpc) is 3.00. The lowest BCUT2D eigenvalue weighted by Crippen LogP contribution is -2.62. The third-order valence-electron chi connectivity index (χ3n) is 9.46. The summed E-state index contributed by atoms with van der Waals surface area (Å²) in [5.74, 6) is 1.29. The highest BCUT2D eigenvalue weighted by atomic mass is 79.9. The fourth-order valence-corrected chi connectivity index (χ4v) is 8.08. The van der Waals surface area contributed by atoms with Gasteiger partial charge in [0, 0.05) is 22.5 Å². The first-order valence-electron chi connectivity index (χ1n) is 15.1. The number of anilines is 3. The van der Waals surface area contributed by atoms with Gasteiger partial charge in [-0.25, -0.2) is 4.79 Å². The predicted octanol–water partition coefficient (Wildman–Crippen LogP) is 8.35. The van der Waals surface area contributed by atoms with Gasteiger partial charge in [0.05, 0.1) is 23.7 Å². The van der Waals surface area contributed by atoms with Crippen LogP contribution in [0.1, 0.15) is 68.6 Å². The van der Waals surface area contributed by atoms with E-state index in [1.54, 1.807) is 0 Å². The summed E-state index contributed by atoms with van der Waals surface area (Å²) in [6, 6.07) is 20.2. The summed E-state index contributed by atoms with van der Waals surface area (Å²) in [6.07, 6.45) is 8.31. The second kappa shape index (κ2) is 12.0. The SMILES string of the molecule is CCCCOc1cc2c(c(Br)c1Nc1ccccc1N)C[C@H]1C3CCCC[C@@]23CCN1C(=O)OCc1ccccc1. The van der Waals surface area contributed by atoms with Gasteiger partial charge in [-0.05, 0) is 88.8 Å². The third-order valence-corrected chi connectivity index (χ3v) is 10.3. The van der Waals surface area contributed by atoms with Crippen molar-refractivity contribution in [1.82, 2.24) is 4.90 Å². The largest absolute Gasteiger partial charge is 0.491 e. The molecule has 0 spiro atoms. The number of nitrogens with two attached hydrogens (primary N) is 1. The maximum atomic E-state index is 13.5. The first-order valence-corrected chi connectivity index (χ1v) is 15.9. The maximum absolute atomic E-state index is 13.5. The van der Waals surface area contributed by atoms with Crippen molar-refractivity contribution < 1.29 is 14.3 Å². The lowest BCUT2D eigenvalue weighted by molar-refractivity contribution is -0.0138. The van der Waals surface area contributed by atoms with Gasteiger partial charge in [-0.3, -0.25) is 0 Å². The highest BCUT2D eigenvalue weighted by Gasteiger charge is 2.56. The zero-order valence-corrected chi connectivity index (χ0v) is 25.4. The van der Waals surface area contributed by atoms with Gasteiger partial charge in [0.1, 0.15) is 12.4 Å². The van der Waals surface area contributed by atoms with Crippen LogP contribution in [-0.2, 0) is 23.2 Å². The van der Waals surface area contributed by atoms with E-state index in [-0.39, 0.29) is 17.6 Å². The number of hydrogen-bond acceptors (Lipinski definition) is 5. The number of para-hydroxylation sites is 2. The van der Waals surface area contributed by atoms with Crippen LogP contribution in [0.2, 0.25) is 0 Å². The van der Waals surface area contributed by atoms with Crippen LogP contribution < -0.4 is 15.8 Å². The molecular weight excluding hydrogens is 578 g/mol. The number of carbonyl (C=O) groups excluding carboxylic acids is 1. The Morgan fingerprint density at radius 2 is 1.93 bits per heavy atom. The predicted molar refractivity (Wildman–Crippen MR) is 168 cm³/mol. The molecule has 1 saturated heterocycles. The number of piperidine rings is 1. The van der Waals surface area contributed by atoms with Crippen LogP contribution in [-0.4, -0.2) is 30.2 Å². The summed E-state index contributed by atoms with van der Waals surface area (Å²) in [7, 11) is 0. The van der Waals surface area contributed by atoms with Crippen LogP contribution in [0.15, 0.2) is 65.1 Å². The minimum atomic E-state index is -0.201. The van der Waals surface area contributed by atoms with Crippen molar-refractivity contribution in [3.8, 4) is 5.75 Å². The third kappa shape index (κ3) is 5.29. The molecule has 216 valence electrons. The molecule has 2 bridgehead atoms. The fourth-order valence-electron chi connectivity index (χ4n) is 7.41. The topological polar surface area (TPSA) is 76.8 Å². The normalized spacial score (nSPS) is 22.8. The van der Waals surface area contributed by atoms with Crippen molar-refractivity contribution >= 4 is 39.1 Å². The van der Waals surface area contributed by atoms with Crippen molar-refractivity contribution in [1.29, 1.82) is 0 Å². The summed E-state index contributed by atoms with van der Waals surface area (Å²) in [4.78, 5) is 15.6. The smallest absolute Gasteiger partial charge is 0.410 e. The van der Waals surface area contributed by atoms with Crippen molar-refractivity contribution in [2.75, 3.05) is 24.2 Å². The second-order valence-corrected chi connectivity index (χ2v) is 12.6. The van der Waals surface area contributed by atoms with Gasteiger partial charge in [-0.1, -0.05) is 68.7 Å². The number of fused-ring (bicyclic) bond motifs is 1. The van der Waals surface area contributed by atoms with E-state index < -0.39 is 0 Å². The van der Waals surface area contributed by atoms with Crippen molar-refractivity contribution in [2.24, 2.45) is 5.92 Å². The quantitative estimate of drug-likeness (QED) is 0.196. The molecule has 3 aromatic rings. The Balaban J connectivity index is 1.37. The molecule has 0 aromatic heterocycles. The van der Waals surface area contributed by atoms with Gasteiger partial charge in [-0.2, -0.15) is 0 Å². The van der Waals surface area contributed by atoms with Gasteiger partial charge in [0.2, 0.25) is 0 Å². The van der Waals surface area contributed by atoms with Gasteiger partial charge < -0.3 is 25.4 Å². The molecule has 2 aliphatic carbocycles. The van der Waals surface area contributed by atoms with Crippen LogP contribution in [0.3, 0.4) is 0 Å². The fraction of sp³-hybridized carbons (Fsp3) is 0.441. The molecule has 3 N–H and O–H groups in total. The average molecular weight is 619 g/mol. The van der Waals surface area contributed by atoms with Crippen LogP contribution in [0, 0.1) is 5.92 Å². The molecular formula is C34H40BrN3O3. The van der Waals surface area contributed by atoms with Gasteiger partial charge >= 0.3 is 6.09 Å². The van der Waals surface area contributed by atoms with Crippen LogP contribution in [0.4, 0.5) is 21.9 Å². The molecule has 3 aliphatic rings. The van der Waals surface area contributed by atoms with Crippen LogP contribution in [0.5, 0.6) is 5.75 Å². The lowest BCUT2D eigenvalue weighted by Gasteiger charge is -2.58. The number of likely N-dealkylation sites (tertiary alicyclic amines) is 1. The molecule has 7 heteroatoms. The minimum absolute atomic E-state index is 0.0440. The molecule has 2 fully saturated rings. The molecule has 41 heavy (non-hydrogen) atoms. The van der Waals surface area contributed by atoms with Crippen LogP contribution in [0.25, 0.3) is 0 Å². The number of benzene rings is 3. The molecule has 1 saturated carbocycles. The number of hydrogen-bond donors (Lipinski definition) is 2. The summed E-state index contributed by atoms with van der Waals surface area (Å²) in [6.45, 7) is 3.86. The molecule has 1 amide bonds. The summed E-state index contributed by atoms with van der Waals surface area (Å²) in [5.41, 5.74) is 12.5. The first-order chi connectivity index (χ1) is 20.0. The molecule has 6 rings (SSSR count). The van der Waals surface area contributed by atoms with E-state index in [9.17, 15) is 4.79 Å². The highest BCUT2D eigenvalue weighted by molar-refractivity contribution is 9.10. The Bertz CT molecular complexity index is 1400. The molecule has 1 heterocycles. The highest BCUT2D eigenvalue weighted by Crippen LogP contribution is 2.59. The zero-order valence-electron chi connectivity index (χ0n) is 23.8. The number of halogens is 1. The first kappa shape index (κ1) is 28.0. The van der Waals surface area contributed by atoms with E-state index in [1.807, 2.05) is 59.5 Å². The number of rotatable bonds is 8. The molecule has 1 unspecified atom stereocenters. The van der Waals surface area contributed by atoms with E-state index >= 15 is 0 Å². The minimum Gasteiger partial charge on any atom is -0.491 e. The molecule has 3 atom stereocenters. The van der Waals surface area contributed by atoms with E-state index in [0.717, 1.165) is 72.2 Å². The Kier molecular flexibility index (Phi) is 8.16. The lowest BCUT2D eigenvalue weighted by atomic mass is 9.52. The Hall–Kier alpha value is -3.19. The number of nitrogens with zero attached hydrogens (tertiary/aromatic N) is 1. The van der Waals surface area contributed by atoms with E-state index in [1.165, 1.54) is 24.0 Å². The Morgan fingerprint density at radius 3 is 2.73 bits per heavy atom. The van der Waals surface area contributed by atoms with Crippen molar-refractivity contribution in [3.63, 3.8) is 0 Å².